The number of hydrogen-bond donors (Lipinski definition) is 0. The van der Waals surface area contributed by atoms with E-state index >= 15 is 0 Å². The molecule has 0 amide bonds. The molecule has 2 atom stereocenters. The highest BCUT2D eigenvalue weighted by Gasteiger charge is 2.24. The van der Waals surface area contributed by atoms with Crippen LogP contribution in [0, 0.1) is 11.8 Å². The Balaban J connectivity index is 2.58. The Morgan fingerprint density at radius 3 is 2.88 bits per heavy atom. The van der Waals surface area contributed by atoms with Gasteiger partial charge >= 0.3 is 5.97 Å². The lowest BCUT2D eigenvalue weighted by Gasteiger charge is -2.28. The lowest BCUT2D eigenvalue weighted by molar-refractivity contribution is -0.144. The van der Waals surface area contributed by atoms with Gasteiger partial charge in [-0.1, -0.05) is 23.8 Å². The van der Waals surface area contributed by atoms with E-state index < -0.39 is 0 Å². The highest BCUT2D eigenvalue weighted by molar-refractivity contribution is 5.70. The van der Waals surface area contributed by atoms with Crippen molar-refractivity contribution in [3.05, 3.63) is 23.8 Å². The standard InChI is InChI=1S/C14H22O2/c1-5-16-14(15)9-13-8-12(10(2)3)7-6-11(13)4/h6,12-13H,2,5,7-9H2,1,3-4H3/t12-,13-/m1/s1. The Morgan fingerprint density at radius 1 is 1.62 bits per heavy atom. The second-order valence-electron chi connectivity index (χ2n) is 4.67. The molecule has 0 N–H and O–H groups in total. The number of allylic oxidation sites excluding steroid dienone is 3. The lowest BCUT2D eigenvalue weighted by Crippen LogP contribution is -2.19. The van der Waals surface area contributed by atoms with Crippen LogP contribution in [-0.4, -0.2) is 12.6 Å². The number of esters is 1. The maximum atomic E-state index is 11.5. The summed E-state index contributed by atoms with van der Waals surface area (Å²) < 4.78 is 5.00. The van der Waals surface area contributed by atoms with E-state index in [1.807, 2.05) is 6.92 Å². The molecule has 2 nitrogen and oxygen atoms in total. The largest absolute Gasteiger partial charge is 0.466 e. The van der Waals surface area contributed by atoms with Crippen molar-refractivity contribution in [3.63, 3.8) is 0 Å². The van der Waals surface area contributed by atoms with Gasteiger partial charge in [0.1, 0.15) is 0 Å². The molecule has 0 saturated carbocycles. The summed E-state index contributed by atoms with van der Waals surface area (Å²) in [5, 5.41) is 0. The number of carbonyl (C=O) groups is 1. The van der Waals surface area contributed by atoms with E-state index in [0.29, 0.717) is 24.9 Å². The Kier molecular flexibility index (Phi) is 4.78. The predicted molar refractivity (Wildman–Crippen MR) is 66.0 cm³/mol. The zero-order chi connectivity index (χ0) is 12.1. The van der Waals surface area contributed by atoms with Crippen molar-refractivity contribution in [2.45, 2.75) is 40.0 Å². The van der Waals surface area contributed by atoms with Crippen molar-refractivity contribution < 1.29 is 9.53 Å². The topological polar surface area (TPSA) is 26.3 Å². The molecule has 0 aromatic heterocycles. The summed E-state index contributed by atoms with van der Waals surface area (Å²) in [6, 6.07) is 0. The van der Waals surface area contributed by atoms with Crippen molar-refractivity contribution in [2.75, 3.05) is 6.61 Å². The number of ether oxygens (including phenoxy) is 1. The molecule has 90 valence electrons. The van der Waals surface area contributed by atoms with Gasteiger partial charge in [-0.05, 0) is 45.4 Å². The van der Waals surface area contributed by atoms with Crippen LogP contribution in [0.5, 0.6) is 0 Å². The smallest absolute Gasteiger partial charge is 0.306 e. The fraction of sp³-hybridized carbons (Fsp3) is 0.643. The average Bonchev–Trinajstić information content (AvgIpc) is 2.21. The van der Waals surface area contributed by atoms with Gasteiger partial charge in [0.05, 0.1) is 13.0 Å². The van der Waals surface area contributed by atoms with Gasteiger partial charge in [-0.2, -0.15) is 0 Å². The fourth-order valence-electron chi connectivity index (χ4n) is 2.19. The van der Waals surface area contributed by atoms with Gasteiger partial charge in [0.15, 0.2) is 0 Å². The van der Waals surface area contributed by atoms with Crippen LogP contribution in [0.15, 0.2) is 23.8 Å². The molecule has 2 heteroatoms. The van der Waals surface area contributed by atoms with E-state index in [0.717, 1.165) is 12.8 Å². The fourth-order valence-corrected chi connectivity index (χ4v) is 2.19. The maximum Gasteiger partial charge on any atom is 0.306 e. The Morgan fingerprint density at radius 2 is 2.31 bits per heavy atom. The monoisotopic (exact) mass is 222 g/mol. The first-order valence-electron chi connectivity index (χ1n) is 6.02. The first-order valence-corrected chi connectivity index (χ1v) is 6.02. The van der Waals surface area contributed by atoms with Gasteiger partial charge in [0.2, 0.25) is 0 Å². The zero-order valence-electron chi connectivity index (χ0n) is 10.6. The molecule has 0 saturated heterocycles. The van der Waals surface area contributed by atoms with E-state index in [4.69, 9.17) is 4.74 Å². The highest BCUT2D eigenvalue weighted by atomic mass is 16.5. The van der Waals surface area contributed by atoms with Crippen LogP contribution in [-0.2, 0) is 9.53 Å². The molecule has 0 spiro atoms. The van der Waals surface area contributed by atoms with Crippen molar-refractivity contribution in [2.24, 2.45) is 11.8 Å². The third kappa shape index (κ3) is 3.51. The normalized spacial score (nSPS) is 24.8. The van der Waals surface area contributed by atoms with E-state index in [9.17, 15) is 4.79 Å². The molecule has 16 heavy (non-hydrogen) atoms. The predicted octanol–water partition coefficient (Wildman–Crippen LogP) is 3.49. The SMILES string of the molecule is C=C(C)[C@@H]1CC=C(C)[C@@H](CC(=O)OCC)C1. The van der Waals surface area contributed by atoms with Gasteiger partial charge < -0.3 is 4.74 Å². The molecule has 0 heterocycles. The van der Waals surface area contributed by atoms with Crippen molar-refractivity contribution >= 4 is 5.97 Å². The van der Waals surface area contributed by atoms with Gasteiger partial charge in [0.25, 0.3) is 0 Å². The molecule has 0 aromatic rings. The summed E-state index contributed by atoms with van der Waals surface area (Å²) in [6.45, 7) is 10.5. The molecule has 0 aromatic carbocycles. The summed E-state index contributed by atoms with van der Waals surface area (Å²) in [7, 11) is 0. The first-order chi connectivity index (χ1) is 7.54. The number of hydrogen-bond acceptors (Lipinski definition) is 2. The second kappa shape index (κ2) is 5.88. The van der Waals surface area contributed by atoms with E-state index in [1.165, 1.54) is 11.1 Å². The van der Waals surface area contributed by atoms with Crippen LogP contribution >= 0.6 is 0 Å². The molecule has 1 aliphatic carbocycles. The van der Waals surface area contributed by atoms with Crippen molar-refractivity contribution in [3.8, 4) is 0 Å². The molecule has 0 unspecified atom stereocenters. The Hall–Kier alpha value is -1.05. The number of rotatable bonds is 4. The first kappa shape index (κ1) is 13.0. The van der Waals surface area contributed by atoms with E-state index in [-0.39, 0.29) is 5.97 Å². The quantitative estimate of drug-likeness (QED) is 0.537. The highest BCUT2D eigenvalue weighted by Crippen LogP contribution is 2.34. The van der Waals surface area contributed by atoms with Crippen LogP contribution in [0.25, 0.3) is 0 Å². The van der Waals surface area contributed by atoms with Gasteiger partial charge in [-0.25, -0.2) is 0 Å². The third-order valence-electron chi connectivity index (χ3n) is 3.35. The Labute approximate surface area is 98.4 Å². The molecular formula is C14H22O2. The third-order valence-corrected chi connectivity index (χ3v) is 3.35. The van der Waals surface area contributed by atoms with Gasteiger partial charge in [-0.3, -0.25) is 4.79 Å². The Bertz CT molecular complexity index is 302. The van der Waals surface area contributed by atoms with Crippen LogP contribution < -0.4 is 0 Å². The van der Waals surface area contributed by atoms with Crippen LogP contribution in [0.1, 0.15) is 40.0 Å². The lowest BCUT2D eigenvalue weighted by atomic mass is 9.77. The molecule has 1 aliphatic rings. The number of carbonyl (C=O) groups excluding carboxylic acids is 1. The maximum absolute atomic E-state index is 11.5. The summed E-state index contributed by atoms with van der Waals surface area (Å²) in [4.78, 5) is 11.5. The van der Waals surface area contributed by atoms with Gasteiger partial charge in [0, 0.05) is 0 Å². The molecule has 1 rings (SSSR count). The van der Waals surface area contributed by atoms with Crippen molar-refractivity contribution in [1.82, 2.24) is 0 Å². The summed E-state index contributed by atoms with van der Waals surface area (Å²) >= 11 is 0. The van der Waals surface area contributed by atoms with E-state index in [2.05, 4.69) is 26.5 Å². The molecule has 0 radical (unpaired) electrons. The van der Waals surface area contributed by atoms with Crippen molar-refractivity contribution in [1.29, 1.82) is 0 Å². The van der Waals surface area contributed by atoms with Crippen LogP contribution in [0.4, 0.5) is 0 Å². The second-order valence-corrected chi connectivity index (χ2v) is 4.67. The summed E-state index contributed by atoms with van der Waals surface area (Å²) in [5.74, 6) is 0.792. The van der Waals surface area contributed by atoms with Crippen LogP contribution in [0.2, 0.25) is 0 Å². The zero-order valence-corrected chi connectivity index (χ0v) is 10.6. The summed E-state index contributed by atoms with van der Waals surface area (Å²) in [6.07, 6.45) is 4.86. The molecule has 0 aliphatic heterocycles. The average molecular weight is 222 g/mol. The minimum Gasteiger partial charge on any atom is -0.466 e. The minimum atomic E-state index is -0.0809. The molecule has 0 bridgehead atoms. The minimum absolute atomic E-state index is 0.0809. The molecular weight excluding hydrogens is 200 g/mol. The van der Waals surface area contributed by atoms with Gasteiger partial charge in [-0.15, -0.1) is 0 Å². The van der Waals surface area contributed by atoms with Crippen LogP contribution in [0.3, 0.4) is 0 Å². The summed E-state index contributed by atoms with van der Waals surface area (Å²) in [5.41, 5.74) is 2.54. The van der Waals surface area contributed by atoms with E-state index in [1.54, 1.807) is 0 Å². The molecule has 0 fully saturated rings.